The van der Waals surface area contributed by atoms with Gasteiger partial charge in [0, 0.05) is 51.5 Å². The molecular formula is C25H35N5. The normalized spacial score (nSPS) is 14.9. The fourth-order valence-electron chi connectivity index (χ4n) is 3.57. The monoisotopic (exact) mass is 405 g/mol. The third-order valence-electron chi connectivity index (χ3n) is 5.69. The topological polar surface area (TPSA) is 42.9 Å². The molecule has 3 rings (SSSR count). The number of anilines is 1. The summed E-state index contributed by atoms with van der Waals surface area (Å²) >= 11 is 0. The van der Waals surface area contributed by atoms with Crippen molar-refractivity contribution in [3.8, 4) is 0 Å². The van der Waals surface area contributed by atoms with Crippen molar-refractivity contribution in [2.24, 2.45) is 4.99 Å². The molecule has 2 aromatic rings. The van der Waals surface area contributed by atoms with E-state index in [1.807, 2.05) is 7.05 Å². The summed E-state index contributed by atoms with van der Waals surface area (Å²) in [5, 5.41) is 6.86. The molecule has 0 aromatic heterocycles. The smallest absolute Gasteiger partial charge is 0.191 e. The molecule has 1 aliphatic rings. The van der Waals surface area contributed by atoms with E-state index in [-0.39, 0.29) is 0 Å². The van der Waals surface area contributed by atoms with E-state index in [0.29, 0.717) is 6.04 Å². The predicted octanol–water partition coefficient (Wildman–Crippen LogP) is 3.64. The second-order valence-electron chi connectivity index (χ2n) is 7.93. The molecule has 1 unspecified atom stereocenters. The van der Waals surface area contributed by atoms with Crippen LogP contribution in [0.15, 0.2) is 71.7 Å². The Morgan fingerprint density at radius 2 is 1.70 bits per heavy atom. The summed E-state index contributed by atoms with van der Waals surface area (Å²) in [5.41, 5.74) is 3.88. The summed E-state index contributed by atoms with van der Waals surface area (Å²) < 4.78 is 0. The molecule has 0 radical (unpaired) electrons. The summed E-state index contributed by atoms with van der Waals surface area (Å²) in [6, 6.07) is 19.9. The lowest BCUT2D eigenvalue weighted by molar-refractivity contribution is 0.238. The minimum atomic E-state index is 0.489. The van der Waals surface area contributed by atoms with Gasteiger partial charge in [-0.05, 0) is 43.7 Å². The molecule has 0 amide bonds. The van der Waals surface area contributed by atoms with Gasteiger partial charge in [0.25, 0.3) is 0 Å². The first kappa shape index (κ1) is 21.9. The van der Waals surface area contributed by atoms with Gasteiger partial charge >= 0.3 is 0 Å². The van der Waals surface area contributed by atoms with Gasteiger partial charge in [0.1, 0.15) is 0 Å². The number of rotatable bonds is 9. The number of nitrogens with zero attached hydrogens (tertiary/aromatic N) is 3. The number of guanidine groups is 1. The SMILES string of the molecule is CN=C(NCCC(C)N(C)Cc1ccccc1)NCc1ccc(N2CC=CC2)cc1. The number of benzene rings is 2. The van der Waals surface area contributed by atoms with E-state index in [9.17, 15) is 0 Å². The van der Waals surface area contributed by atoms with E-state index < -0.39 is 0 Å². The first-order valence-corrected chi connectivity index (χ1v) is 10.8. The van der Waals surface area contributed by atoms with Crippen LogP contribution in [0.1, 0.15) is 24.5 Å². The van der Waals surface area contributed by atoms with Crippen molar-refractivity contribution in [1.82, 2.24) is 15.5 Å². The molecule has 1 atom stereocenters. The highest BCUT2D eigenvalue weighted by Crippen LogP contribution is 2.17. The summed E-state index contributed by atoms with van der Waals surface area (Å²) in [5.74, 6) is 0.848. The second-order valence-corrected chi connectivity index (χ2v) is 7.93. The highest BCUT2D eigenvalue weighted by Gasteiger charge is 2.10. The quantitative estimate of drug-likeness (QED) is 0.380. The first-order chi connectivity index (χ1) is 14.7. The molecule has 160 valence electrons. The zero-order valence-corrected chi connectivity index (χ0v) is 18.5. The van der Waals surface area contributed by atoms with Crippen LogP contribution in [0.2, 0.25) is 0 Å². The molecule has 1 aliphatic heterocycles. The van der Waals surface area contributed by atoms with E-state index in [0.717, 1.165) is 45.1 Å². The summed E-state index contributed by atoms with van der Waals surface area (Å²) in [6.45, 7) is 6.92. The molecule has 0 saturated carbocycles. The van der Waals surface area contributed by atoms with Gasteiger partial charge in [0.15, 0.2) is 5.96 Å². The lowest BCUT2D eigenvalue weighted by Crippen LogP contribution is -2.39. The minimum Gasteiger partial charge on any atom is -0.364 e. The van der Waals surface area contributed by atoms with Gasteiger partial charge in [-0.3, -0.25) is 9.89 Å². The predicted molar refractivity (Wildman–Crippen MR) is 128 cm³/mol. The van der Waals surface area contributed by atoms with Crippen LogP contribution in [0.5, 0.6) is 0 Å². The van der Waals surface area contributed by atoms with Crippen molar-refractivity contribution in [3.05, 3.63) is 77.9 Å². The van der Waals surface area contributed by atoms with Crippen LogP contribution in [-0.4, -0.2) is 50.6 Å². The van der Waals surface area contributed by atoms with Gasteiger partial charge in [-0.1, -0.05) is 54.6 Å². The molecule has 2 N–H and O–H groups in total. The molecule has 0 fully saturated rings. The molecule has 2 aromatic carbocycles. The molecule has 0 spiro atoms. The Morgan fingerprint density at radius 3 is 2.37 bits per heavy atom. The summed E-state index contributed by atoms with van der Waals surface area (Å²) in [4.78, 5) is 9.11. The molecule has 5 heteroatoms. The third-order valence-corrected chi connectivity index (χ3v) is 5.69. The average Bonchev–Trinajstić information content (AvgIpc) is 3.32. The minimum absolute atomic E-state index is 0.489. The maximum absolute atomic E-state index is 4.36. The first-order valence-electron chi connectivity index (χ1n) is 10.8. The number of aliphatic imine (C=N–C) groups is 1. The molecule has 5 nitrogen and oxygen atoms in total. The Hall–Kier alpha value is -2.79. The van der Waals surface area contributed by atoms with Crippen LogP contribution in [0.25, 0.3) is 0 Å². The maximum atomic E-state index is 4.36. The molecule has 1 heterocycles. The van der Waals surface area contributed by atoms with Crippen LogP contribution < -0.4 is 15.5 Å². The Morgan fingerprint density at radius 1 is 1.00 bits per heavy atom. The number of hydrogen-bond donors (Lipinski definition) is 2. The summed E-state index contributed by atoms with van der Waals surface area (Å²) in [7, 11) is 4.01. The van der Waals surface area contributed by atoms with Crippen LogP contribution >= 0.6 is 0 Å². The lowest BCUT2D eigenvalue weighted by Gasteiger charge is -2.25. The third kappa shape index (κ3) is 6.63. The van der Waals surface area contributed by atoms with Crippen LogP contribution in [-0.2, 0) is 13.1 Å². The fraction of sp³-hybridized carbons (Fsp3) is 0.400. The van der Waals surface area contributed by atoms with Crippen molar-refractivity contribution in [2.75, 3.05) is 38.6 Å². The van der Waals surface area contributed by atoms with Gasteiger partial charge in [0.05, 0.1) is 0 Å². The van der Waals surface area contributed by atoms with Crippen LogP contribution in [0.3, 0.4) is 0 Å². The van der Waals surface area contributed by atoms with Gasteiger partial charge < -0.3 is 15.5 Å². The maximum Gasteiger partial charge on any atom is 0.191 e. The van der Waals surface area contributed by atoms with Gasteiger partial charge in [0.2, 0.25) is 0 Å². The number of hydrogen-bond acceptors (Lipinski definition) is 3. The standard InChI is InChI=1S/C25H35N5/c1-21(29(3)20-23-9-5-4-6-10-23)15-16-27-25(26-2)28-19-22-11-13-24(14-12-22)30-17-7-8-18-30/h4-14,21H,15-20H2,1-3H3,(H2,26,27,28). The van der Waals surface area contributed by atoms with Gasteiger partial charge in [-0.25, -0.2) is 0 Å². The second kappa shape index (κ2) is 11.4. The van der Waals surface area contributed by atoms with E-state index in [4.69, 9.17) is 0 Å². The Labute approximate surface area is 181 Å². The molecule has 0 saturated heterocycles. The van der Waals surface area contributed by atoms with Gasteiger partial charge in [-0.15, -0.1) is 0 Å². The highest BCUT2D eigenvalue weighted by molar-refractivity contribution is 5.79. The van der Waals surface area contributed by atoms with E-state index in [1.54, 1.807) is 0 Å². The molecule has 30 heavy (non-hydrogen) atoms. The van der Waals surface area contributed by atoms with Crippen molar-refractivity contribution in [1.29, 1.82) is 0 Å². The Bertz CT molecular complexity index is 805. The van der Waals surface area contributed by atoms with Crippen molar-refractivity contribution in [3.63, 3.8) is 0 Å². The van der Waals surface area contributed by atoms with Gasteiger partial charge in [-0.2, -0.15) is 0 Å². The Kier molecular flexibility index (Phi) is 8.33. The molecule has 0 aliphatic carbocycles. The largest absolute Gasteiger partial charge is 0.364 e. The van der Waals surface area contributed by atoms with E-state index >= 15 is 0 Å². The zero-order valence-electron chi connectivity index (χ0n) is 18.5. The van der Waals surface area contributed by atoms with Crippen molar-refractivity contribution in [2.45, 2.75) is 32.5 Å². The molecule has 0 bridgehead atoms. The van der Waals surface area contributed by atoms with Crippen LogP contribution in [0, 0.1) is 0 Å². The fourth-order valence-corrected chi connectivity index (χ4v) is 3.57. The van der Waals surface area contributed by atoms with Crippen molar-refractivity contribution < 1.29 is 0 Å². The number of nitrogens with one attached hydrogen (secondary N) is 2. The lowest BCUT2D eigenvalue weighted by atomic mass is 10.1. The summed E-state index contributed by atoms with van der Waals surface area (Å²) in [6.07, 6.45) is 5.49. The van der Waals surface area contributed by atoms with E-state index in [2.05, 4.69) is 106 Å². The Balaban J connectivity index is 1.37. The average molecular weight is 406 g/mol. The highest BCUT2D eigenvalue weighted by atomic mass is 15.2. The molecular weight excluding hydrogens is 370 g/mol. The van der Waals surface area contributed by atoms with E-state index in [1.165, 1.54) is 16.8 Å². The van der Waals surface area contributed by atoms with Crippen LogP contribution in [0.4, 0.5) is 5.69 Å². The zero-order chi connectivity index (χ0) is 21.2. The van der Waals surface area contributed by atoms with Crippen molar-refractivity contribution >= 4 is 11.6 Å².